The monoisotopic (exact) mass is 530 g/mol. The van der Waals surface area contributed by atoms with Gasteiger partial charge in [-0.1, -0.05) is 12.1 Å². The van der Waals surface area contributed by atoms with Gasteiger partial charge in [0, 0.05) is 3.57 Å². The molecule has 2 aromatic carbocycles. The maximum absolute atomic E-state index is 12.1. The number of rotatable bonds is 3. The summed E-state index contributed by atoms with van der Waals surface area (Å²) in [5.41, 5.74) is 0.424. The largest absolute Gasteiger partial charge is 0.422 e. The molecule has 0 fully saturated rings. The van der Waals surface area contributed by atoms with Crippen molar-refractivity contribution in [2.45, 2.75) is 4.90 Å². The maximum atomic E-state index is 12.1. The molecule has 0 heterocycles. The van der Waals surface area contributed by atoms with E-state index >= 15 is 0 Å². The average Bonchev–Trinajstić information content (AvgIpc) is 2.40. The van der Waals surface area contributed by atoms with Gasteiger partial charge in [0.05, 0.1) is 14.0 Å². The highest BCUT2D eigenvalue weighted by Crippen LogP contribution is 2.25. The Labute approximate surface area is 148 Å². The molecular formula is C13H8I2O5S. The first-order valence-corrected chi connectivity index (χ1v) is 9.12. The summed E-state index contributed by atoms with van der Waals surface area (Å²) in [5, 5.41) is 0. The van der Waals surface area contributed by atoms with E-state index in [1.807, 2.05) is 51.2 Å². The lowest BCUT2D eigenvalue weighted by molar-refractivity contribution is 0.0732. The van der Waals surface area contributed by atoms with Gasteiger partial charge in [-0.25, -0.2) is 4.79 Å². The fourth-order valence-corrected chi connectivity index (χ4v) is 3.46. The van der Waals surface area contributed by atoms with Crippen LogP contribution in [0.15, 0.2) is 47.4 Å². The summed E-state index contributed by atoms with van der Waals surface area (Å²) in [6, 6.07) is 10.7. The molecule has 21 heavy (non-hydrogen) atoms. The highest BCUT2D eigenvalue weighted by Gasteiger charge is 2.16. The van der Waals surface area contributed by atoms with E-state index in [0.717, 1.165) is 3.57 Å². The molecule has 0 atom stereocenters. The maximum Gasteiger partial charge on any atom is 0.344 e. The van der Waals surface area contributed by atoms with Gasteiger partial charge in [-0.3, -0.25) is 4.55 Å². The predicted molar refractivity (Wildman–Crippen MR) is 93.1 cm³/mol. The average molecular weight is 530 g/mol. The van der Waals surface area contributed by atoms with Crippen LogP contribution in [0.4, 0.5) is 0 Å². The van der Waals surface area contributed by atoms with Crippen molar-refractivity contribution in [3.8, 4) is 5.75 Å². The van der Waals surface area contributed by atoms with Gasteiger partial charge in [-0.05, 0) is 75.5 Å². The zero-order valence-electron chi connectivity index (χ0n) is 10.3. The van der Waals surface area contributed by atoms with Crippen LogP contribution >= 0.6 is 45.2 Å². The van der Waals surface area contributed by atoms with Crippen molar-refractivity contribution >= 4 is 61.3 Å². The van der Waals surface area contributed by atoms with Gasteiger partial charge in [0.1, 0.15) is 5.75 Å². The Morgan fingerprint density at radius 3 is 2.29 bits per heavy atom. The quantitative estimate of drug-likeness (QED) is 0.285. The lowest BCUT2D eigenvalue weighted by atomic mass is 10.2. The van der Waals surface area contributed by atoms with Crippen molar-refractivity contribution in [2.24, 2.45) is 0 Å². The summed E-state index contributed by atoms with van der Waals surface area (Å²) in [4.78, 5) is 11.8. The minimum absolute atomic E-state index is 0.229. The predicted octanol–water partition coefficient (Wildman–Crippen LogP) is 3.36. The highest BCUT2D eigenvalue weighted by molar-refractivity contribution is 14.1. The van der Waals surface area contributed by atoms with Crippen LogP contribution in [0, 0.1) is 7.14 Å². The summed E-state index contributed by atoms with van der Waals surface area (Å²) in [5.74, 6) is -0.301. The van der Waals surface area contributed by atoms with Crippen LogP contribution in [-0.2, 0) is 10.1 Å². The molecule has 0 aliphatic carbocycles. The first-order valence-electron chi connectivity index (χ1n) is 5.53. The Morgan fingerprint density at radius 1 is 1.05 bits per heavy atom. The molecule has 0 saturated carbocycles. The van der Waals surface area contributed by atoms with Crippen LogP contribution in [0.2, 0.25) is 0 Å². The van der Waals surface area contributed by atoms with Gasteiger partial charge in [-0.15, -0.1) is 0 Å². The first-order chi connectivity index (χ1) is 9.79. The topological polar surface area (TPSA) is 80.7 Å². The van der Waals surface area contributed by atoms with Crippen molar-refractivity contribution < 1.29 is 22.5 Å². The van der Waals surface area contributed by atoms with Crippen LogP contribution in [0.1, 0.15) is 10.4 Å². The Kier molecular flexibility index (Phi) is 5.22. The van der Waals surface area contributed by atoms with Crippen LogP contribution in [0.5, 0.6) is 5.75 Å². The summed E-state index contributed by atoms with van der Waals surface area (Å²) in [6.45, 7) is 0. The van der Waals surface area contributed by atoms with Crippen LogP contribution < -0.4 is 4.74 Å². The summed E-state index contributed by atoms with van der Waals surface area (Å²) < 4.78 is 37.4. The standard InChI is InChI=1S/C13H8I2O5S/c14-10-4-2-1-3-9(10)13(16)20-12-6-5-8(7-11(12)15)21(17,18)19/h1-7H,(H,17,18,19). The summed E-state index contributed by atoms with van der Waals surface area (Å²) in [7, 11) is -4.28. The molecule has 0 bridgehead atoms. The minimum Gasteiger partial charge on any atom is -0.422 e. The van der Waals surface area contributed by atoms with E-state index in [2.05, 4.69) is 0 Å². The molecule has 1 N–H and O–H groups in total. The molecule has 0 spiro atoms. The smallest absolute Gasteiger partial charge is 0.344 e. The lowest BCUT2D eigenvalue weighted by Gasteiger charge is -2.08. The zero-order valence-corrected chi connectivity index (χ0v) is 15.4. The van der Waals surface area contributed by atoms with Gasteiger partial charge in [-0.2, -0.15) is 8.42 Å². The highest BCUT2D eigenvalue weighted by atomic mass is 127. The van der Waals surface area contributed by atoms with E-state index in [4.69, 9.17) is 9.29 Å². The lowest BCUT2D eigenvalue weighted by Crippen LogP contribution is -2.11. The fourth-order valence-electron chi connectivity index (χ4n) is 1.51. The Bertz CT molecular complexity index is 802. The first kappa shape index (κ1) is 16.6. The Morgan fingerprint density at radius 2 is 1.71 bits per heavy atom. The molecule has 5 nitrogen and oxygen atoms in total. The number of carbonyl (C=O) groups is 1. The van der Waals surface area contributed by atoms with Crippen molar-refractivity contribution in [2.75, 3.05) is 0 Å². The second-order valence-electron chi connectivity index (χ2n) is 3.94. The normalized spacial score (nSPS) is 11.2. The number of halogens is 2. The van der Waals surface area contributed by atoms with Gasteiger partial charge >= 0.3 is 5.97 Å². The third kappa shape index (κ3) is 4.14. The number of hydrogen-bond acceptors (Lipinski definition) is 4. The van der Waals surface area contributed by atoms with E-state index in [0.29, 0.717) is 9.13 Å². The van der Waals surface area contributed by atoms with Gasteiger partial charge in [0.25, 0.3) is 10.1 Å². The second kappa shape index (κ2) is 6.58. The zero-order chi connectivity index (χ0) is 15.6. The number of esters is 1. The third-order valence-electron chi connectivity index (χ3n) is 2.50. The number of carbonyl (C=O) groups excluding carboxylic acids is 1. The van der Waals surface area contributed by atoms with Gasteiger partial charge in [0.2, 0.25) is 0 Å². The molecule has 0 unspecified atom stereocenters. The molecule has 0 aliphatic heterocycles. The molecule has 110 valence electrons. The molecule has 2 aromatic rings. The number of benzene rings is 2. The second-order valence-corrected chi connectivity index (χ2v) is 7.68. The molecule has 0 aromatic heterocycles. The summed E-state index contributed by atoms with van der Waals surface area (Å²) >= 11 is 3.86. The van der Waals surface area contributed by atoms with Crippen molar-refractivity contribution in [1.82, 2.24) is 0 Å². The van der Waals surface area contributed by atoms with E-state index in [9.17, 15) is 13.2 Å². The van der Waals surface area contributed by atoms with E-state index in [1.54, 1.807) is 18.2 Å². The van der Waals surface area contributed by atoms with E-state index in [-0.39, 0.29) is 10.6 Å². The summed E-state index contributed by atoms with van der Waals surface area (Å²) in [6.07, 6.45) is 0. The number of ether oxygens (including phenoxy) is 1. The fraction of sp³-hybridized carbons (Fsp3) is 0. The third-order valence-corrected chi connectivity index (χ3v) is 5.13. The van der Waals surface area contributed by atoms with Crippen LogP contribution in [0.3, 0.4) is 0 Å². The SMILES string of the molecule is O=C(Oc1ccc(S(=O)(=O)O)cc1I)c1ccccc1I. The van der Waals surface area contributed by atoms with Crippen LogP contribution in [0.25, 0.3) is 0 Å². The van der Waals surface area contributed by atoms with Gasteiger partial charge < -0.3 is 4.74 Å². The number of hydrogen-bond donors (Lipinski definition) is 1. The van der Waals surface area contributed by atoms with E-state index in [1.165, 1.54) is 18.2 Å². The van der Waals surface area contributed by atoms with Crippen molar-refractivity contribution in [1.29, 1.82) is 0 Å². The molecule has 8 heteroatoms. The molecule has 0 saturated heterocycles. The molecule has 0 aliphatic rings. The molecule has 0 amide bonds. The molecular weight excluding hydrogens is 522 g/mol. The van der Waals surface area contributed by atoms with Crippen molar-refractivity contribution in [3.05, 3.63) is 55.2 Å². The van der Waals surface area contributed by atoms with E-state index < -0.39 is 16.1 Å². The minimum atomic E-state index is -4.28. The molecule has 2 rings (SSSR count). The molecule has 0 radical (unpaired) electrons. The van der Waals surface area contributed by atoms with Crippen LogP contribution in [-0.4, -0.2) is 18.9 Å². The Hall–Kier alpha value is -0.720. The van der Waals surface area contributed by atoms with Gasteiger partial charge in [0.15, 0.2) is 0 Å². The van der Waals surface area contributed by atoms with Crippen molar-refractivity contribution in [3.63, 3.8) is 0 Å². The Balaban J connectivity index is 2.29.